The first kappa shape index (κ1) is 25.0. The molecule has 1 fully saturated rings. The van der Waals surface area contributed by atoms with Crippen molar-refractivity contribution in [1.82, 2.24) is 15.0 Å². The molecule has 0 spiro atoms. The molecule has 1 aliphatic rings. The van der Waals surface area contributed by atoms with E-state index in [0.717, 1.165) is 0 Å². The molecule has 11 nitrogen and oxygen atoms in total. The number of sulfonamides is 1. The number of ether oxygens (including phenoxy) is 3. The van der Waals surface area contributed by atoms with Crippen molar-refractivity contribution >= 4 is 28.7 Å². The number of alkyl halides is 2. The van der Waals surface area contributed by atoms with Gasteiger partial charge >= 0.3 is 7.12 Å². The summed E-state index contributed by atoms with van der Waals surface area (Å²) in [6.45, 7) is 6.56. The number of rotatable bonds is 9. The quantitative estimate of drug-likeness (QED) is 0.503. The van der Waals surface area contributed by atoms with Gasteiger partial charge in [-0.15, -0.1) is 0 Å². The van der Waals surface area contributed by atoms with Crippen molar-refractivity contribution in [2.75, 3.05) is 25.5 Å². The van der Waals surface area contributed by atoms with E-state index in [-0.39, 0.29) is 22.4 Å². The van der Waals surface area contributed by atoms with Crippen molar-refractivity contribution in [3.05, 3.63) is 12.3 Å². The molecule has 0 amide bonds. The Morgan fingerprint density at radius 2 is 1.67 bits per heavy atom. The zero-order chi connectivity index (χ0) is 24.6. The summed E-state index contributed by atoms with van der Waals surface area (Å²) in [6.07, 6.45) is -1.50. The molecule has 33 heavy (non-hydrogen) atoms. The SMILES string of the molecule is COc1nc(NS(=O)(=O)c2c[nH]c(B3OC(C)(C)C(C)(C)O3)c2)nc(OC)c1OCC(F)F. The number of nitrogens with zero attached hydrogens (tertiary/aromatic N) is 2. The van der Waals surface area contributed by atoms with E-state index >= 15 is 0 Å². The lowest BCUT2D eigenvalue weighted by Crippen LogP contribution is -2.41. The minimum absolute atomic E-state index is 0.133. The van der Waals surface area contributed by atoms with Crippen molar-refractivity contribution in [3.63, 3.8) is 0 Å². The highest BCUT2D eigenvalue weighted by Gasteiger charge is 2.52. The lowest BCUT2D eigenvalue weighted by molar-refractivity contribution is 0.00578. The Labute approximate surface area is 190 Å². The molecule has 0 aliphatic carbocycles. The summed E-state index contributed by atoms with van der Waals surface area (Å²) in [5.74, 6) is -1.27. The summed E-state index contributed by atoms with van der Waals surface area (Å²) in [7, 11) is -2.53. The van der Waals surface area contributed by atoms with Crippen LogP contribution in [0.5, 0.6) is 17.5 Å². The van der Waals surface area contributed by atoms with Gasteiger partial charge in [-0.1, -0.05) is 0 Å². The maximum atomic E-state index is 12.9. The van der Waals surface area contributed by atoms with Crippen LogP contribution in [-0.4, -0.2) is 68.9 Å². The first-order valence-electron chi connectivity index (χ1n) is 9.77. The van der Waals surface area contributed by atoms with E-state index < -0.39 is 47.3 Å². The number of nitrogens with one attached hydrogen (secondary N) is 2. The topological polar surface area (TPSA) is 134 Å². The maximum Gasteiger partial charge on any atom is 0.512 e. The van der Waals surface area contributed by atoms with Gasteiger partial charge in [0, 0.05) is 11.8 Å². The van der Waals surface area contributed by atoms with Gasteiger partial charge in [-0.25, -0.2) is 21.9 Å². The molecule has 3 heterocycles. The molecule has 0 aromatic carbocycles. The van der Waals surface area contributed by atoms with Crippen LogP contribution in [0.4, 0.5) is 14.7 Å². The summed E-state index contributed by atoms with van der Waals surface area (Å²) >= 11 is 0. The van der Waals surface area contributed by atoms with Crippen molar-refractivity contribution in [2.45, 2.75) is 50.2 Å². The van der Waals surface area contributed by atoms with E-state index in [4.69, 9.17) is 23.5 Å². The van der Waals surface area contributed by atoms with Crippen LogP contribution in [0.2, 0.25) is 0 Å². The molecule has 0 bridgehead atoms. The monoisotopic (exact) mass is 490 g/mol. The Morgan fingerprint density at radius 3 is 2.15 bits per heavy atom. The highest BCUT2D eigenvalue weighted by molar-refractivity contribution is 7.92. The molecular formula is C18H25BF2N4O7S. The predicted octanol–water partition coefficient (Wildman–Crippen LogP) is 1.57. The van der Waals surface area contributed by atoms with Gasteiger partial charge in [0.25, 0.3) is 28.2 Å². The van der Waals surface area contributed by atoms with Gasteiger partial charge in [0.1, 0.15) is 11.5 Å². The molecule has 0 saturated carbocycles. The number of aromatic nitrogens is 3. The fourth-order valence-electron chi connectivity index (χ4n) is 2.83. The van der Waals surface area contributed by atoms with Gasteiger partial charge in [-0.3, -0.25) is 0 Å². The highest BCUT2D eigenvalue weighted by atomic mass is 32.2. The average Bonchev–Trinajstić information content (AvgIpc) is 3.29. The van der Waals surface area contributed by atoms with Crippen LogP contribution in [0.1, 0.15) is 27.7 Å². The summed E-state index contributed by atoms with van der Waals surface area (Å²) in [5.41, 5.74) is -0.801. The minimum atomic E-state index is -4.16. The Balaban J connectivity index is 1.84. The predicted molar refractivity (Wildman–Crippen MR) is 114 cm³/mol. The molecule has 0 unspecified atom stereocenters. The molecule has 15 heteroatoms. The smallest absolute Gasteiger partial charge is 0.478 e. The van der Waals surface area contributed by atoms with Gasteiger partial charge in [0.15, 0.2) is 0 Å². The van der Waals surface area contributed by atoms with Crippen LogP contribution >= 0.6 is 0 Å². The van der Waals surface area contributed by atoms with Crippen LogP contribution in [0.3, 0.4) is 0 Å². The lowest BCUT2D eigenvalue weighted by Gasteiger charge is -2.32. The second-order valence-corrected chi connectivity index (χ2v) is 9.76. The molecule has 0 atom stereocenters. The number of hydrogen-bond donors (Lipinski definition) is 2. The van der Waals surface area contributed by atoms with Gasteiger partial charge in [0.05, 0.1) is 25.4 Å². The third kappa shape index (κ3) is 5.14. The van der Waals surface area contributed by atoms with Crippen molar-refractivity contribution < 1.29 is 40.7 Å². The number of H-pyrrole nitrogens is 1. The molecule has 0 radical (unpaired) electrons. The van der Waals surface area contributed by atoms with E-state index in [1.165, 1.54) is 26.5 Å². The van der Waals surface area contributed by atoms with Gasteiger partial charge in [-0.2, -0.15) is 9.97 Å². The van der Waals surface area contributed by atoms with Crippen LogP contribution in [0.25, 0.3) is 0 Å². The fraction of sp³-hybridized carbons (Fsp3) is 0.556. The molecular weight excluding hydrogens is 465 g/mol. The lowest BCUT2D eigenvalue weighted by atomic mass is 9.85. The molecule has 2 N–H and O–H groups in total. The van der Waals surface area contributed by atoms with Crippen molar-refractivity contribution in [3.8, 4) is 17.5 Å². The minimum Gasteiger partial charge on any atom is -0.478 e. The summed E-state index contributed by atoms with van der Waals surface area (Å²) in [5, 5.41) is 0. The molecule has 2 aromatic rings. The summed E-state index contributed by atoms with van der Waals surface area (Å²) in [4.78, 5) is 10.5. The molecule has 182 valence electrons. The Morgan fingerprint density at radius 1 is 1.12 bits per heavy atom. The maximum absolute atomic E-state index is 12.9. The van der Waals surface area contributed by atoms with Crippen LogP contribution < -0.4 is 24.5 Å². The number of aromatic amines is 1. The third-order valence-corrected chi connectivity index (χ3v) is 6.57. The zero-order valence-electron chi connectivity index (χ0n) is 18.9. The molecule has 2 aromatic heterocycles. The number of anilines is 1. The van der Waals surface area contributed by atoms with Crippen molar-refractivity contribution in [2.24, 2.45) is 0 Å². The van der Waals surface area contributed by atoms with Gasteiger partial charge < -0.3 is 28.5 Å². The van der Waals surface area contributed by atoms with Crippen LogP contribution in [0.15, 0.2) is 17.2 Å². The first-order valence-corrected chi connectivity index (χ1v) is 11.3. The van der Waals surface area contributed by atoms with E-state index in [9.17, 15) is 17.2 Å². The van der Waals surface area contributed by atoms with E-state index in [1.807, 2.05) is 27.7 Å². The number of methoxy groups -OCH3 is 2. The second-order valence-electron chi connectivity index (χ2n) is 8.08. The standard InChI is InChI=1S/C18H25BF2N4O7S/c1-17(2)18(3,4)32-19(31-17)11-7-10(8-22-11)33(26,27)25-16-23-14(28-5)13(15(24-16)29-6)30-9-12(20)21/h7-8,12,22H,9H2,1-6H3,(H,23,24,25). The zero-order valence-corrected chi connectivity index (χ0v) is 19.7. The van der Waals surface area contributed by atoms with Gasteiger partial charge in [0.2, 0.25) is 11.7 Å². The second kappa shape index (κ2) is 8.95. The highest BCUT2D eigenvalue weighted by Crippen LogP contribution is 2.37. The Kier molecular flexibility index (Phi) is 6.78. The average molecular weight is 490 g/mol. The fourth-order valence-corrected chi connectivity index (χ4v) is 3.78. The number of hydrogen-bond acceptors (Lipinski definition) is 9. The Hall–Kier alpha value is -2.65. The Bertz CT molecular complexity index is 1070. The van der Waals surface area contributed by atoms with Crippen molar-refractivity contribution in [1.29, 1.82) is 0 Å². The van der Waals surface area contributed by atoms with Crippen LogP contribution in [0, 0.1) is 0 Å². The molecule has 3 rings (SSSR count). The summed E-state index contributed by atoms with van der Waals surface area (Å²) < 4.78 is 79.8. The normalized spacial score (nSPS) is 17.3. The largest absolute Gasteiger partial charge is 0.512 e. The molecule has 1 saturated heterocycles. The van der Waals surface area contributed by atoms with E-state index in [1.54, 1.807) is 0 Å². The van der Waals surface area contributed by atoms with Gasteiger partial charge in [-0.05, 0) is 33.8 Å². The van der Waals surface area contributed by atoms with E-state index in [2.05, 4.69) is 19.7 Å². The van der Waals surface area contributed by atoms with Crippen LogP contribution in [-0.2, 0) is 19.3 Å². The summed E-state index contributed by atoms with van der Waals surface area (Å²) in [6, 6.07) is 1.36. The third-order valence-electron chi connectivity index (χ3n) is 5.27. The first-order chi connectivity index (χ1) is 15.3. The van der Waals surface area contributed by atoms with E-state index in [0.29, 0.717) is 5.59 Å². The molecule has 1 aliphatic heterocycles. The number of halogens is 2.